The van der Waals surface area contributed by atoms with Crippen molar-refractivity contribution in [3.05, 3.63) is 193 Å². The van der Waals surface area contributed by atoms with E-state index in [1.54, 1.807) is 12.7 Å². The Hall–Kier alpha value is -7.02. The minimum atomic E-state index is 0. The molecule has 9 aromatic rings. The molecule has 0 atom stereocenters. The smallest absolute Gasteiger partial charge is 0.105 e. The van der Waals surface area contributed by atoms with Gasteiger partial charge in [0.15, 0.2) is 0 Å². The molecule has 13 heteroatoms. The van der Waals surface area contributed by atoms with Gasteiger partial charge in [-0.25, -0.2) is 29.9 Å². The van der Waals surface area contributed by atoms with E-state index in [1.165, 1.54) is 11.4 Å². The third-order valence-corrected chi connectivity index (χ3v) is 9.27. The topological polar surface area (TPSA) is 112 Å². The van der Waals surface area contributed by atoms with Crippen molar-refractivity contribution >= 4 is 0 Å². The van der Waals surface area contributed by atoms with Crippen molar-refractivity contribution in [1.82, 2.24) is 61.9 Å². The summed E-state index contributed by atoms with van der Waals surface area (Å²) in [6.45, 7) is 20.4. The molecule has 9 rings (SSSR count). The number of rotatable bonds is 3. The molecule has 66 heavy (non-hydrogen) atoms. The Labute approximate surface area is 398 Å². The minimum Gasteiger partial charge on any atom is -0.355 e. The number of aromatic nitrogens is 13. The summed E-state index contributed by atoms with van der Waals surface area (Å²) in [6, 6.07) is 25.0. The fourth-order valence-corrected chi connectivity index (χ4v) is 5.36. The van der Waals surface area contributed by atoms with Crippen molar-refractivity contribution in [2.75, 3.05) is 0 Å². The van der Waals surface area contributed by atoms with Gasteiger partial charge in [-0.1, -0.05) is 66.1 Å². The standard InChI is InChI=1S/2C10H10N2.C7H12N2.C6H10N2.C6H9N.2C5H8N2.4CH4/c1-9-7-12(8-11-9)10-5-3-2-4-6-10;1-9-7-11-8-12(9)10-5-3-2-4-6-10;1-6(2)9-4-7(3)8-5-9;1-5-4-8(3)6(2)7-5;1-6-4-3-5-7(6)2;1-5-3-7(2)4-6-5;1-5-3-6-4-7(5)2;;;;/h2*2-8H,1H3;4-6H,1-3H3;4H,1-3H3;3-5H,1-2H3;2*3-4H,1-2H3;4*1H4. The summed E-state index contributed by atoms with van der Waals surface area (Å²) in [7, 11) is 7.97. The lowest BCUT2D eigenvalue weighted by Crippen LogP contribution is -1.95. The molecule has 0 aliphatic rings. The fraction of sp³-hybridized carbons (Fsp3) is 0.358. The van der Waals surface area contributed by atoms with Crippen LogP contribution in [0.1, 0.15) is 95.3 Å². The number of nitrogens with zero attached hydrogens (tertiary/aromatic N) is 13. The highest BCUT2D eigenvalue weighted by Gasteiger charge is 1.98. The predicted molar refractivity (Wildman–Crippen MR) is 280 cm³/mol. The van der Waals surface area contributed by atoms with Crippen LogP contribution in [0.5, 0.6) is 0 Å². The first kappa shape index (κ1) is 61.1. The van der Waals surface area contributed by atoms with Gasteiger partial charge in [0, 0.05) is 106 Å². The normalized spacial score (nSPS) is 9.32. The van der Waals surface area contributed by atoms with Gasteiger partial charge in [-0.3, -0.25) is 0 Å². The van der Waals surface area contributed by atoms with E-state index in [1.807, 2.05) is 200 Å². The maximum absolute atomic E-state index is 4.17. The van der Waals surface area contributed by atoms with E-state index in [0.29, 0.717) is 6.04 Å². The van der Waals surface area contributed by atoms with Crippen molar-refractivity contribution in [3.63, 3.8) is 0 Å². The molecule has 0 aliphatic heterocycles. The third-order valence-electron chi connectivity index (χ3n) is 9.27. The van der Waals surface area contributed by atoms with Gasteiger partial charge < -0.3 is 32.0 Å². The number of benzene rings is 2. The van der Waals surface area contributed by atoms with Crippen molar-refractivity contribution in [2.24, 2.45) is 28.2 Å². The zero-order chi connectivity index (χ0) is 45.6. The van der Waals surface area contributed by atoms with Crippen LogP contribution in [0.2, 0.25) is 0 Å². The molecule has 0 saturated heterocycles. The van der Waals surface area contributed by atoms with Crippen LogP contribution < -0.4 is 0 Å². The summed E-state index contributed by atoms with van der Waals surface area (Å²) in [5.41, 5.74) is 10.3. The molecule has 13 nitrogen and oxygen atoms in total. The molecule has 7 heterocycles. The maximum Gasteiger partial charge on any atom is 0.105 e. The third kappa shape index (κ3) is 22.1. The number of para-hydroxylation sites is 2. The maximum atomic E-state index is 4.17. The molecule has 0 bridgehead atoms. The molecule has 7 aromatic heterocycles. The second-order valence-electron chi connectivity index (χ2n) is 15.2. The Balaban J connectivity index is 0. The zero-order valence-electron chi connectivity index (χ0n) is 39.2. The van der Waals surface area contributed by atoms with Gasteiger partial charge in [0.05, 0.1) is 54.4 Å². The summed E-state index contributed by atoms with van der Waals surface area (Å²) in [5.74, 6) is 1.07. The average Bonchev–Trinajstić information content (AvgIpc) is 4.15. The molecule has 0 N–H and O–H groups in total. The first-order valence-corrected chi connectivity index (χ1v) is 20.6. The molecule has 0 fully saturated rings. The second-order valence-corrected chi connectivity index (χ2v) is 15.2. The van der Waals surface area contributed by atoms with Crippen molar-refractivity contribution in [2.45, 2.75) is 105 Å². The van der Waals surface area contributed by atoms with Gasteiger partial charge in [-0.05, 0) is 106 Å². The Bertz CT molecular complexity index is 2430. The Morgan fingerprint density at radius 2 is 0.970 bits per heavy atom. The average molecular weight is 902 g/mol. The highest BCUT2D eigenvalue weighted by atomic mass is 15.1. The van der Waals surface area contributed by atoms with E-state index in [2.05, 4.69) is 94.7 Å². The molecule has 0 saturated carbocycles. The SMILES string of the molecule is C.C.C.C.Cc1cccn1C.Cc1cn(-c2ccccc2)cn1.Cc1cn(C(C)C)cn1.Cc1cn(C)c(C)n1.Cc1cn(C)cn1.Cc1cncn1-c1ccccc1.Cc1cncn1C. The minimum absolute atomic E-state index is 0. The first-order valence-electron chi connectivity index (χ1n) is 20.6. The number of hydrogen-bond donors (Lipinski definition) is 0. The fourth-order valence-electron chi connectivity index (χ4n) is 5.36. The van der Waals surface area contributed by atoms with E-state index < -0.39 is 0 Å². The Morgan fingerprint density at radius 3 is 1.24 bits per heavy atom. The first-order chi connectivity index (χ1) is 29.5. The molecule has 0 aliphatic carbocycles. The molecular formula is C53H83N13. The summed E-state index contributed by atoms with van der Waals surface area (Å²) in [6.07, 6.45) is 22.8. The monoisotopic (exact) mass is 902 g/mol. The van der Waals surface area contributed by atoms with Crippen LogP contribution >= 0.6 is 0 Å². The van der Waals surface area contributed by atoms with Gasteiger partial charge >= 0.3 is 0 Å². The molecule has 2 aromatic carbocycles. The van der Waals surface area contributed by atoms with Gasteiger partial charge in [-0.15, -0.1) is 0 Å². The largest absolute Gasteiger partial charge is 0.355 e. The van der Waals surface area contributed by atoms with Crippen molar-refractivity contribution < 1.29 is 0 Å². The number of hydrogen-bond acceptors (Lipinski definition) is 6. The highest BCUT2D eigenvalue weighted by Crippen LogP contribution is 2.09. The van der Waals surface area contributed by atoms with Crippen LogP contribution in [0.25, 0.3) is 11.4 Å². The van der Waals surface area contributed by atoms with Gasteiger partial charge in [-0.2, -0.15) is 0 Å². The molecule has 0 radical (unpaired) electrons. The van der Waals surface area contributed by atoms with Crippen LogP contribution in [0.4, 0.5) is 0 Å². The van der Waals surface area contributed by atoms with E-state index in [4.69, 9.17) is 0 Å². The Morgan fingerprint density at radius 1 is 0.439 bits per heavy atom. The van der Waals surface area contributed by atoms with E-state index in [0.717, 1.165) is 45.7 Å². The molecular weight excluding hydrogens is 819 g/mol. The molecule has 0 spiro atoms. The number of imidazole rings is 6. The zero-order valence-corrected chi connectivity index (χ0v) is 39.2. The summed E-state index contributed by atoms with van der Waals surface area (Å²) >= 11 is 0. The van der Waals surface area contributed by atoms with Crippen molar-refractivity contribution in [1.29, 1.82) is 0 Å². The van der Waals surface area contributed by atoms with Gasteiger partial charge in [0.1, 0.15) is 5.82 Å². The quantitative estimate of drug-likeness (QED) is 0.175. The molecule has 360 valence electrons. The predicted octanol–water partition coefficient (Wildman–Crippen LogP) is 12.5. The number of aryl methyl sites for hydroxylation is 12. The molecule has 0 amide bonds. The van der Waals surface area contributed by atoms with E-state index in [-0.39, 0.29) is 29.7 Å². The second kappa shape index (κ2) is 31.8. The lowest BCUT2D eigenvalue weighted by molar-refractivity contribution is 0.599. The summed E-state index contributed by atoms with van der Waals surface area (Å²) < 4.78 is 14.1. The summed E-state index contributed by atoms with van der Waals surface area (Å²) in [4.78, 5) is 24.4. The van der Waals surface area contributed by atoms with Crippen LogP contribution in [-0.2, 0) is 28.2 Å². The van der Waals surface area contributed by atoms with Crippen molar-refractivity contribution in [3.8, 4) is 11.4 Å². The van der Waals surface area contributed by atoms with E-state index in [9.17, 15) is 0 Å². The van der Waals surface area contributed by atoms with Crippen LogP contribution in [0.15, 0.2) is 148 Å². The summed E-state index contributed by atoms with van der Waals surface area (Å²) in [5, 5.41) is 0. The van der Waals surface area contributed by atoms with Crippen LogP contribution in [-0.4, -0.2) is 61.9 Å². The molecule has 0 unspecified atom stereocenters. The van der Waals surface area contributed by atoms with Crippen LogP contribution in [0, 0.1) is 55.4 Å². The lowest BCUT2D eigenvalue weighted by Gasteiger charge is -2.02. The van der Waals surface area contributed by atoms with Crippen LogP contribution in [0.3, 0.4) is 0 Å². The Kier molecular flexibility index (Phi) is 29.4. The lowest BCUT2D eigenvalue weighted by atomic mass is 10.3. The van der Waals surface area contributed by atoms with E-state index >= 15 is 0 Å². The highest BCUT2D eigenvalue weighted by molar-refractivity contribution is 5.33. The van der Waals surface area contributed by atoms with Gasteiger partial charge in [0.25, 0.3) is 0 Å². The van der Waals surface area contributed by atoms with Gasteiger partial charge in [0.2, 0.25) is 0 Å².